The van der Waals surface area contributed by atoms with E-state index in [0.29, 0.717) is 11.0 Å². The predicted molar refractivity (Wildman–Crippen MR) is 52.2 cm³/mol. The molecule has 0 aromatic carbocycles. The van der Waals surface area contributed by atoms with Crippen LogP contribution < -0.4 is 0 Å². The highest BCUT2D eigenvalue weighted by Crippen LogP contribution is 2.53. The molecule has 70 valence electrons. The van der Waals surface area contributed by atoms with E-state index in [2.05, 4.69) is 32.7 Å². The van der Waals surface area contributed by atoms with Crippen molar-refractivity contribution in [1.82, 2.24) is 4.90 Å². The van der Waals surface area contributed by atoms with Gasteiger partial charge in [0.2, 0.25) is 0 Å². The van der Waals surface area contributed by atoms with Crippen LogP contribution in [0, 0.1) is 11.3 Å². The Kier molecular flexibility index (Phi) is 1.61. The molecule has 3 fully saturated rings. The average Bonchev–Trinajstić information content (AvgIpc) is 1.93. The van der Waals surface area contributed by atoms with Crippen LogP contribution in [0.15, 0.2) is 0 Å². The van der Waals surface area contributed by atoms with Crippen molar-refractivity contribution in [3.05, 3.63) is 0 Å². The average molecular weight is 167 g/mol. The predicted octanol–water partition coefficient (Wildman–Crippen LogP) is 2.52. The van der Waals surface area contributed by atoms with Crippen LogP contribution in [-0.2, 0) is 0 Å². The second kappa shape index (κ2) is 2.25. The molecule has 0 N–H and O–H groups in total. The summed E-state index contributed by atoms with van der Waals surface area (Å²) in [5.41, 5.74) is 1.00. The first-order valence-electron chi connectivity index (χ1n) is 5.17. The minimum atomic E-state index is 0.474. The molecule has 2 bridgehead atoms. The van der Waals surface area contributed by atoms with Gasteiger partial charge in [0.25, 0.3) is 0 Å². The molecule has 2 unspecified atom stereocenters. The smallest absolute Gasteiger partial charge is 0.0229 e. The maximum absolute atomic E-state index is 2.59. The molecule has 3 aliphatic rings. The second-order valence-electron chi connectivity index (χ2n) is 5.65. The molecule has 1 heteroatoms. The standard InChI is InChI=1S/C11H21N/c1-10(2)7-9-5-6-11(10,3)12(4)8-9/h9H,5-8H2,1-4H3. The third kappa shape index (κ3) is 0.891. The Labute approximate surface area is 76.1 Å². The monoisotopic (exact) mass is 167 g/mol. The highest BCUT2D eigenvalue weighted by atomic mass is 15.2. The van der Waals surface area contributed by atoms with Crippen molar-refractivity contribution in [2.24, 2.45) is 11.3 Å². The summed E-state index contributed by atoms with van der Waals surface area (Å²) in [6.45, 7) is 8.66. The van der Waals surface area contributed by atoms with Gasteiger partial charge in [-0.2, -0.15) is 0 Å². The van der Waals surface area contributed by atoms with Crippen molar-refractivity contribution in [2.75, 3.05) is 13.6 Å². The summed E-state index contributed by atoms with van der Waals surface area (Å²) in [7, 11) is 2.30. The maximum atomic E-state index is 2.59. The molecule has 2 atom stereocenters. The summed E-state index contributed by atoms with van der Waals surface area (Å²) >= 11 is 0. The number of hydrogen-bond acceptors (Lipinski definition) is 1. The zero-order valence-electron chi connectivity index (χ0n) is 8.85. The van der Waals surface area contributed by atoms with Crippen molar-refractivity contribution < 1.29 is 0 Å². The Balaban J connectivity index is 2.33. The first-order chi connectivity index (χ1) is 5.46. The lowest BCUT2D eigenvalue weighted by atomic mass is 9.57. The molecule has 0 spiro atoms. The van der Waals surface area contributed by atoms with Crippen LogP contribution in [0.5, 0.6) is 0 Å². The van der Waals surface area contributed by atoms with E-state index >= 15 is 0 Å². The fraction of sp³-hybridized carbons (Fsp3) is 1.00. The first-order valence-corrected chi connectivity index (χ1v) is 5.17. The van der Waals surface area contributed by atoms with Crippen LogP contribution in [0.3, 0.4) is 0 Å². The van der Waals surface area contributed by atoms with Gasteiger partial charge in [0.05, 0.1) is 0 Å². The molecule has 2 heterocycles. The summed E-state index contributed by atoms with van der Waals surface area (Å²) in [6.07, 6.45) is 4.30. The SMILES string of the molecule is CN1CC2CCC1(C)C(C)(C)C2. The van der Waals surface area contributed by atoms with Gasteiger partial charge in [-0.05, 0) is 44.6 Å². The summed E-state index contributed by atoms with van der Waals surface area (Å²) < 4.78 is 0. The van der Waals surface area contributed by atoms with Crippen molar-refractivity contribution in [3.8, 4) is 0 Å². The van der Waals surface area contributed by atoms with Gasteiger partial charge in [-0.1, -0.05) is 13.8 Å². The molecule has 2 saturated heterocycles. The molecule has 1 aliphatic carbocycles. The highest BCUT2D eigenvalue weighted by Gasteiger charge is 2.52. The van der Waals surface area contributed by atoms with Crippen molar-refractivity contribution in [1.29, 1.82) is 0 Å². The van der Waals surface area contributed by atoms with E-state index in [-0.39, 0.29) is 0 Å². The zero-order chi connectivity index (χ0) is 8.98. The van der Waals surface area contributed by atoms with Gasteiger partial charge in [-0.3, -0.25) is 0 Å². The van der Waals surface area contributed by atoms with Crippen LogP contribution in [0.25, 0.3) is 0 Å². The zero-order valence-corrected chi connectivity index (χ0v) is 8.85. The van der Waals surface area contributed by atoms with Crippen LogP contribution in [0.4, 0.5) is 0 Å². The highest BCUT2D eigenvalue weighted by molar-refractivity contribution is 5.06. The fourth-order valence-electron chi connectivity index (χ4n) is 3.32. The van der Waals surface area contributed by atoms with E-state index in [4.69, 9.17) is 0 Å². The van der Waals surface area contributed by atoms with Gasteiger partial charge in [0.15, 0.2) is 0 Å². The van der Waals surface area contributed by atoms with E-state index < -0.39 is 0 Å². The van der Waals surface area contributed by atoms with Crippen LogP contribution >= 0.6 is 0 Å². The van der Waals surface area contributed by atoms with Gasteiger partial charge in [-0.15, -0.1) is 0 Å². The Bertz CT molecular complexity index is 197. The summed E-state index contributed by atoms with van der Waals surface area (Å²) in [5.74, 6) is 0.979. The Morgan fingerprint density at radius 2 is 1.92 bits per heavy atom. The summed E-state index contributed by atoms with van der Waals surface area (Å²) in [5, 5.41) is 0. The molecule has 3 rings (SSSR count). The van der Waals surface area contributed by atoms with Crippen LogP contribution in [0.2, 0.25) is 0 Å². The number of fused-ring (bicyclic) bond motifs is 3. The van der Waals surface area contributed by atoms with Crippen molar-refractivity contribution >= 4 is 0 Å². The van der Waals surface area contributed by atoms with Gasteiger partial charge in [-0.25, -0.2) is 0 Å². The number of hydrogen-bond donors (Lipinski definition) is 0. The Hall–Kier alpha value is -0.0400. The number of piperidine rings is 2. The third-order valence-corrected chi connectivity index (χ3v) is 4.67. The minimum Gasteiger partial charge on any atom is -0.300 e. The molecule has 12 heavy (non-hydrogen) atoms. The van der Waals surface area contributed by atoms with Gasteiger partial charge < -0.3 is 4.90 Å². The lowest BCUT2D eigenvalue weighted by molar-refractivity contribution is -0.100. The van der Waals surface area contributed by atoms with Crippen molar-refractivity contribution in [3.63, 3.8) is 0 Å². The quantitative estimate of drug-likeness (QED) is 0.536. The van der Waals surface area contributed by atoms with E-state index in [1.54, 1.807) is 0 Å². The van der Waals surface area contributed by atoms with Gasteiger partial charge in [0, 0.05) is 12.1 Å². The second-order valence-corrected chi connectivity index (χ2v) is 5.65. The topological polar surface area (TPSA) is 3.24 Å². The normalized spacial score (nSPS) is 46.5. The van der Waals surface area contributed by atoms with E-state index in [1.165, 1.54) is 25.8 Å². The lowest BCUT2D eigenvalue weighted by Gasteiger charge is -2.61. The largest absolute Gasteiger partial charge is 0.300 e. The molecule has 0 radical (unpaired) electrons. The van der Waals surface area contributed by atoms with E-state index in [1.807, 2.05) is 0 Å². The van der Waals surface area contributed by atoms with Gasteiger partial charge >= 0.3 is 0 Å². The van der Waals surface area contributed by atoms with Crippen LogP contribution in [-0.4, -0.2) is 24.0 Å². The maximum Gasteiger partial charge on any atom is 0.0229 e. The molecule has 0 amide bonds. The Morgan fingerprint density at radius 1 is 1.25 bits per heavy atom. The molecular formula is C11H21N. The van der Waals surface area contributed by atoms with Gasteiger partial charge in [0.1, 0.15) is 0 Å². The molecule has 1 nitrogen and oxygen atoms in total. The first kappa shape index (κ1) is 8.55. The lowest BCUT2D eigenvalue weighted by Crippen LogP contribution is -2.63. The minimum absolute atomic E-state index is 0.474. The van der Waals surface area contributed by atoms with Crippen LogP contribution in [0.1, 0.15) is 40.0 Å². The number of rotatable bonds is 0. The Morgan fingerprint density at radius 3 is 2.33 bits per heavy atom. The fourth-order valence-corrected chi connectivity index (χ4v) is 3.32. The molecule has 0 aromatic rings. The molecule has 1 saturated carbocycles. The molecule has 0 aromatic heterocycles. The number of nitrogens with zero attached hydrogens (tertiary/aromatic N) is 1. The van der Waals surface area contributed by atoms with E-state index in [0.717, 1.165) is 5.92 Å². The van der Waals surface area contributed by atoms with Crippen molar-refractivity contribution in [2.45, 2.75) is 45.6 Å². The van der Waals surface area contributed by atoms with E-state index in [9.17, 15) is 0 Å². The summed E-state index contributed by atoms with van der Waals surface area (Å²) in [6, 6.07) is 0. The molecular weight excluding hydrogens is 146 g/mol. The third-order valence-electron chi connectivity index (χ3n) is 4.67. The molecule has 2 aliphatic heterocycles. The summed E-state index contributed by atoms with van der Waals surface area (Å²) in [4.78, 5) is 2.59.